The lowest BCUT2D eigenvalue weighted by atomic mass is 10.0. The number of nitrogens with zero attached hydrogens (tertiary/aromatic N) is 1. The minimum absolute atomic E-state index is 0.134. The van der Waals surface area contributed by atoms with E-state index in [1.807, 2.05) is 0 Å². The Morgan fingerprint density at radius 2 is 1.94 bits per heavy atom. The summed E-state index contributed by atoms with van der Waals surface area (Å²) in [5, 5.41) is 12.2. The van der Waals surface area contributed by atoms with Crippen molar-refractivity contribution in [1.82, 2.24) is 4.90 Å². The fourth-order valence-electron chi connectivity index (χ4n) is 2.63. The first-order chi connectivity index (χ1) is 8.33. The number of aliphatic hydroxyl groups is 1. The standard InChI is InChI=1S/C15H17NO/c17-14-8-9-16(11-14)10-13-6-3-5-12-4-1-2-7-15(12)13/h1-7,14,17H,8-11H2. The molecule has 1 unspecified atom stereocenters. The predicted molar refractivity (Wildman–Crippen MR) is 69.8 cm³/mol. The second-order valence-corrected chi connectivity index (χ2v) is 4.82. The Kier molecular flexibility index (Phi) is 2.83. The predicted octanol–water partition coefficient (Wildman–Crippen LogP) is 2.41. The van der Waals surface area contributed by atoms with Crippen LogP contribution in [0.2, 0.25) is 0 Å². The molecule has 1 atom stereocenters. The van der Waals surface area contributed by atoms with Crippen LogP contribution in [-0.2, 0) is 6.54 Å². The lowest BCUT2D eigenvalue weighted by molar-refractivity contribution is 0.175. The van der Waals surface area contributed by atoms with E-state index < -0.39 is 0 Å². The van der Waals surface area contributed by atoms with E-state index >= 15 is 0 Å². The Labute approximate surface area is 101 Å². The van der Waals surface area contributed by atoms with E-state index in [0.717, 1.165) is 26.1 Å². The highest BCUT2D eigenvalue weighted by atomic mass is 16.3. The maximum absolute atomic E-state index is 9.55. The fraction of sp³-hybridized carbons (Fsp3) is 0.333. The lowest BCUT2D eigenvalue weighted by Crippen LogP contribution is -2.21. The third-order valence-corrected chi connectivity index (χ3v) is 3.52. The average molecular weight is 227 g/mol. The molecule has 2 nitrogen and oxygen atoms in total. The maximum atomic E-state index is 9.55. The second-order valence-electron chi connectivity index (χ2n) is 4.82. The molecule has 0 amide bonds. The molecule has 0 saturated carbocycles. The monoisotopic (exact) mass is 227 g/mol. The van der Waals surface area contributed by atoms with Crippen molar-refractivity contribution < 1.29 is 5.11 Å². The largest absolute Gasteiger partial charge is 0.392 e. The van der Waals surface area contributed by atoms with Gasteiger partial charge in [0.05, 0.1) is 6.10 Å². The average Bonchev–Trinajstić information content (AvgIpc) is 2.75. The molecule has 2 aromatic carbocycles. The van der Waals surface area contributed by atoms with Crippen LogP contribution in [0.3, 0.4) is 0 Å². The minimum atomic E-state index is -0.134. The smallest absolute Gasteiger partial charge is 0.0679 e. The van der Waals surface area contributed by atoms with E-state index in [9.17, 15) is 5.11 Å². The zero-order chi connectivity index (χ0) is 11.7. The van der Waals surface area contributed by atoms with E-state index in [0.29, 0.717) is 0 Å². The van der Waals surface area contributed by atoms with Crippen LogP contribution in [0.1, 0.15) is 12.0 Å². The van der Waals surface area contributed by atoms with Gasteiger partial charge >= 0.3 is 0 Å². The number of hydrogen-bond donors (Lipinski definition) is 1. The molecule has 2 heteroatoms. The van der Waals surface area contributed by atoms with Gasteiger partial charge < -0.3 is 5.11 Å². The van der Waals surface area contributed by atoms with Crippen LogP contribution in [0, 0.1) is 0 Å². The highest BCUT2D eigenvalue weighted by Gasteiger charge is 2.20. The first-order valence-corrected chi connectivity index (χ1v) is 6.20. The van der Waals surface area contributed by atoms with Gasteiger partial charge in [0, 0.05) is 19.6 Å². The molecule has 0 bridgehead atoms. The zero-order valence-corrected chi connectivity index (χ0v) is 9.84. The van der Waals surface area contributed by atoms with E-state index in [2.05, 4.69) is 47.4 Å². The third kappa shape index (κ3) is 2.19. The van der Waals surface area contributed by atoms with Crippen LogP contribution in [0.4, 0.5) is 0 Å². The normalized spacial score (nSPS) is 21.1. The summed E-state index contributed by atoms with van der Waals surface area (Å²) in [7, 11) is 0. The maximum Gasteiger partial charge on any atom is 0.0679 e. The highest BCUT2D eigenvalue weighted by molar-refractivity contribution is 5.85. The van der Waals surface area contributed by atoms with E-state index in [-0.39, 0.29) is 6.10 Å². The van der Waals surface area contributed by atoms with Crippen LogP contribution >= 0.6 is 0 Å². The number of rotatable bonds is 2. The number of aliphatic hydroxyl groups excluding tert-OH is 1. The van der Waals surface area contributed by atoms with E-state index in [1.165, 1.54) is 16.3 Å². The van der Waals surface area contributed by atoms with Gasteiger partial charge in [-0.05, 0) is 22.8 Å². The van der Waals surface area contributed by atoms with Crippen molar-refractivity contribution >= 4 is 10.8 Å². The second kappa shape index (κ2) is 4.47. The quantitative estimate of drug-likeness (QED) is 0.851. The summed E-state index contributed by atoms with van der Waals surface area (Å²) < 4.78 is 0. The van der Waals surface area contributed by atoms with Gasteiger partial charge in [0.15, 0.2) is 0 Å². The fourth-order valence-corrected chi connectivity index (χ4v) is 2.63. The molecule has 0 aliphatic carbocycles. The molecule has 3 rings (SSSR count). The van der Waals surface area contributed by atoms with Gasteiger partial charge in [0.2, 0.25) is 0 Å². The molecule has 1 heterocycles. The number of benzene rings is 2. The Morgan fingerprint density at radius 1 is 1.12 bits per heavy atom. The Morgan fingerprint density at radius 3 is 2.76 bits per heavy atom. The summed E-state index contributed by atoms with van der Waals surface area (Å²) in [6, 6.07) is 14.9. The molecule has 1 N–H and O–H groups in total. The van der Waals surface area contributed by atoms with E-state index in [4.69, 9.17) is 0 Å². The third-order valence-electron chi connectivity index (χ3n) is 3.52. The summed E-state index contributed by atoms with van der Waals surface area (Å²) in [6.45, 7) is 2.76. The topological polar surface area (TPSA) is 23.5 Å². The molecule has 0 spiro atoms. The van der Waals surface area contributed by atoms with Gasteiger partial charge in [0.1, 0.15) is 0 Å². The molecule has 1 aliphatic heterocycles. The number of fused-ring (bicyclic) bond motifs is 1. The van der Waals surface area contributed by atoms with Crippen molar-refractivity contribution in [1.29, 1.82) is 0 Å². The molecule has 17 heavy (non-hydrogen) atoms. The molecule has 1 fully saturated rings. The van der Waals surface area contributed by atoms with Crippen LogP contribution in [-0.4, -0.2) is 29.2 Å². The SMILES string of the molecule is OC1CCN(Cc2cccc3ccccc23)C1. The minimum Gasteiger partial charge on any atom is -0.392 e. The van der Waals surface area contributed by atoms with Crippen molar-refractivity contribution in [3.63, 3.8) is 0 Å². The Hall–Kier alpha value is -1.38. The van der Waals surface area contributed by atoms with Crippen molar-refractivity contribution in [3.8, 4) is 0 Å². The van der Waals surface area contributed by atoms with Gasteiger partial charge in [-0.25, -0.2) is 0 Å². The van der Waals surface area contributed by atoms with Crippen molar-refractivity contribution in [2.45, 2.75) is 19.1 Å². The van der Waals surface area contributed by atoms with E-state index in [1.54, 1.807) is 0 Å². The van der Waals surface area contributed by atoms with Gasteiger partial charge in [-0.15, -0.1) is 0 Å². The summed E-state index contributed by atoms with van der Waals surface area (Å²) in [5.74, 6) is 0. The molecule has 1 saturated heterocycles. The lowest BCUT2D eigenvalue weighted by Gasteiger charge is -2.16. The summed E-state index contributed by atoms with van der Waals surface area (Å²) in [6.07, 6.45) is 0.773. The molecule has 0 radical (unpaired) electrons. The molecular formula is C15H17NO. The molecule has 2 aromatic rings. The van der Waals surface area contributed by atoms with Crippen LogP contribution in [0.15, 0.2) is 42.5 Å². The number of hydrogen-bond acceptors (Lipinski definition) is 2. The van der Waals surface area contributed by atoms with Crippen LogP contribution < -0.4 is 0 Å². The first kappa shape index (κ1) is 10.8. The summed E-state index contributed by atoms with van der Waals surface area (Å²) >= 11 is 0. The van der Waals surface area contributed by atoms with Crippen molar-refractivity contribution in [2.24, 2.45) is 0 Å². The van der Waals surface area contributed by atoms with Crippen LogP contribution in [0.25, 0.3) is 10.8 Å². The zero-order valence-electron chi connectivity index (χ0n) is 9.84. The number of likely N-dealkylation sites (tertiary alicyclic amines) is 1. The molecular weight excluding hydrogens is 210 g/mol. The van der Waals surface area contributed by atoms with Crippen molar-refractivity contribution in [2.75, 3.05) is 13.1 Å². The molecule has 1 aliphatic rings. The van der Waals surface area contributed by atoms with Crippen LogP contribution in [0.5, 0.6) is 0 Å². The Bertz CT molecular complexity index is 518. The molecule has 0 aromatic heterocycles. The number of β-amino-alcohol motifs (C(OH)–C–C–N with tert-alkyl or cyclic N) is 1. The van der Waals surface area contributed by atoms with Gasteiger partial charge in [0.25, 0.3) is 0 Å². The van der Waals surface area contributed by atoms with Gasteiger partial charge in [-0.2, -0.15) is 0 Å². The highest BCUT2D eigenvalue weighted by Crippen LogP contribution is 2.21. The first-order valence-electron chi connectivity index (χ1n) is 6.20. The molecule has 88 valence electrons. The van der Waals surface area contributed by atoms with Crippen molar-refractivity contribution in [3.05, 3.63) is 48.0 Å². The summed E-state index contributed by atoms with van der Waals surface area (Å²) in [5.41, 5.74) is 1.36. The van der Waals surface area contributed by atoms with Gasteiger partial charge in [-0.1, -0.05) is 42.5 Å². The van der Waals surface area contributed by atoms with Gasteiger partial charge in [-0.3, -0.25) is 4.90 Å². The summed E-state index contributed by atoms with van der Waals surface area (Å²) in [4.78, 5) is 2.33. The Balaban J connectivity index is 1.90.